The minimum absolute atomic E-state index is 0.417. The van der Waals surface area contributed by atoms with E-state index >= 15 is 0 Å². The van der Waals surface area contributed by atoms with Gasteiger partial charge in [0.05, 0.1) is 29.5 Å². The van der Waals surface area contributed by atoms with Crippen LogP contribution in [0.2, 0.25) is 0 Å². The van der Waals surface area contributed by atoms with Crippen LogP contribution in [0, 0.1) is 0 Å². The Morgan fingerprint density at radius 1 is 1.20 bits per heavy atom. The molecule has 5 heteroatoms. The summed E-state index contributed by atoms with van der Waals surface area (Å²) in [6.45, 7) is 4.81. The van der Waals surface area contributed by atoms with Gasteiger partial charge in [0, 0.05) is 6.20 Å². The number of ether oxygens (including phenoxy) is 1. The lowest BCUT2D eigenvalue weighted by Crippen LogP contribution is -2.08. The molecule has 2 aromatic heterocycles. The SMILES string of the molecule is CCC(CC)n1ccc(COc2ccc(CCl)nc2)n1. The molecule has 0 radical (unpaired) electrons. The van der Waals surface area contributed by atoms with Gasteiger partial charge in [-0.25, -0.2) is 0 Å². The van der Waals surface area contributed by atoms with Crippen LogP contribution in [-0.4, -0.2) is 14.8 Å². The molecule has 20 heavy (non-hydrogen) atoms. The van der Waals surface area contributed by atoms with E-state index in [1.54, 1.807) is 6.20 Å². The number of halogens is 1. The van der Waals surface area contributed by atoms with Crippen LogP contribution in [-0.2, 0) is 12.5 Å². The van der Waals surface area contributed by atoms with Crippen molar-refractivity contribution in [2.75, 3.05) is 0 Å². The Bertz CT molecular complexity index is 520. The van der Waals surface area contributed by atoms with Crippen molar-refractivity contribution in [1.82, 2.24) is 14.8 Å². The van der Waals surface area contributed by atoms with Crippen molar-refractivity contribution in [2.24, 2.45) is 0 Å². The van der Waals surface area contributed by atoms with Gasteiger partial charge in [0.2, 0.25) is 0 Å². The molecule has 0 aliphatic rings. The average molecular weight is 294 g/mol. The normalized spacial score (nSPS) is 11.0. The van der Waals surface area contributed by atoms with Crippen molar-refractivity contribution in [3.8, 4) is 5.75 Å². The minimum atomic E-state index is 0.417. The summed E-state index contributed by atoms with van der Waals surface area (Å²) in [7, 11) is 0. The van der Waals surface area contributed by atoms with E-state index in [-0.39, 0.29) is 0 Å². The van der Waals surface area contributed by atoms with Gasteiger partial charge in [-0.1, -0.05) is 13.8 Å². The molecule has 0 aromatic carbocycles. The first-order valence-corrected chi connectivity index (χ1v) is 7.48. The summed E-state index contributed by atoms with van der Waals surface area (Å²) in [5.74, 6) is 1.15. The van der Waals surface area contributed by atoms with Crippen LogP contribution < -0.4 is 4.74 Å². The zero-order valence-electron chi connectivity index (χ0n) is 11.9. The van der Waals surface area contributed by atoms with E-state index in [4.69, 9.17) is 16.3 Å². The number of hydrogen-bond acceptors (Lipinski definition) is 3. The van der Waals surface area contributed by atoms with Gasteiger partial charge in [-0.3, -0.25) is 9.67 Å². The summed E-state index contributed by atoms with van der Waals surface area (Å²) in [4.78, 5) is 4.19. The fraction of sp³-hybridized carbons (Fsp3) is 0.467. The molecule has 0 atom stereocenters. The third-order valence-corrected chi connectivity index (χ3v) is 3.58. The number of nitrogens with zero attached hydrogens (tertiary/aromatic N) is 3. The summed E-state index contributed by atoms with van der Waals surface area (Å²) >= 11 is 5.70. The zero-order chi connectivity index (χ0) is 14.4. The second-order valence-electron chi connectivity index (χ2n) is 4.66. The maximum atomic E-state index is 5.70. The lowest BCUT2D eigenvalue weighted by atomic mass is 10.2. The molecule has 2 aromatic rings. The molecule has 0 saturated heterocycles. The number of aromatic nitrogens is 3. The van der Waals surface area contributed by atoms with Crippen LogP contribution in [0.25, 0.3) is 0 Å². The highest BCUT2D eigenvalue weighted by molar-refractivity contribution is 6.16. The fourth-order valence-electron chi connectivity index (χ4n) is 2.05. The van der Waals surface area contributed by atoms with E-state index < -0.39 is 0 Å². The van der Waals surface area contributed by atoms with Gasteiger partial charge in [0.15, 0.2) is 0 Å². The van der Waals surface area contributed by atoms with Gasteiger partial charge in [-0.15, -0.1) is 11.6 Å². The van der Waals surface area contributed by atoms with E-state index in [1.807, 2.05) is 29.1 Å². The monoisotopic (exact) mass is 293 g/mol. The van der Waals surface area contributed by atoms with Gasteiger partial charge in [0.25, 0.3) is 0 Å². The number of rotatable bonds is 7. The minimum Gasteiger partial charge on any atom is -0.486 e. The lowest BCUT2D eigenvalue weighted by molar-refractivity contribution is 0.296. The third-order valence-electron chi connectivity index (χ3n) is 3.30. The molecule has 2 heterocycles. The highest BCUT2D eigenvalue weighted by atomic mass is 35.5. The van der Waals surface area contributed by atoms with Crippen molar-refractivity contribution in [3.05, 3.63) is 42.0 Å². The highest BCUT2D eigenvalue weighted by Crippen LogP contribution is 2.16. The van der Waals surface area contributed by atoms with Crippen molar-refractivity contribution in [2.45, 2.75) is 45.2 Å². The molecular weight excluding hydrogens is 274 g/mol. The molecule has 0 saturated carbocycles. The Balaban J connectivity index is 1.93. The maximum Gasteiger partial charge on any atom is 0.138 e. The summed E-state index contributed by atoms with van der Waals surface area (Å²) in [5.41, 5.74) is 1.77. The van der Waals surface area contributed by atoms with E-state index in [0.717, 1.165) is 30.0 Å². The molecule has 0 aliphatic carbocycles. The van der Waals surface area contributed by atoms with Gasteiger partial charge in [-0.05, 0) is 31.0 Å². The smallest absolute Gasteiger partial charge is 0.138 e. The molecule has 4 nitrogen and oxygen atoms in total. The van der Waals surface area contributed by atoms with Crippen LogP contribution in [0.3, 0.4) is 0 Å². The Morgan fingerprint density at radius 3 is 2.60 bits per heavy atom. The summed E-state index contributed by atoms with van der Waals surface area (Å²) in [6, 6.07) is 6.21. The molecule has 0 spiro atoms. The lowest BCUT2D eigenvalue weighted by Gasteiger charge is -2.12. The Hall–Kier alpha value is -1.55. The summed E-state index contributed by atoms with van der Waals surface area (Å²) in [5, 5.41) is 4.55. The van der Waals surface area contributed by atoms with Crippen LogP contribution in [0.1, 0.15) is 44.1 Å². The van der Waals surface area contributed by atoms with Crippen molar-refractivity contribution >= 4 is 11.6 Å². The maximum absolute atomic E-state index is 5.70. The molecule has 0 unspecified atom stereocenters. The van der Waals surface area contributed by atoms with Crippen LogP contribution in [0.15, 0.2) is 30.6 Å². The molecule has 0 aliphatic heterocycles. The number of hydrogen-bond donors (Lipinski definition) is 0. The molecular formula is C15H20ClN3O. The highest BCUT2D eigenvalue weighted by Gasteiger charge is 2.08. The largest absolute Gasteiger partial charge is 0.486 e. The van der Waals surface area contributed by atoms with E-state index in [1.165, 1.54) is 0 Å². The molecule has 2 rings (SSSR count). The van der Waals surface area contributed by atoms with Crippen molar-refractivity contribution < 1.29 is 4.74 Å². The summed E-state index contributed by atoms with van der Waals surface area (Å²) in [6.07, 6.45) is 5.88. The van der Waals surface area contributed by atoms with Crippen molar-refractivity contribution in [3.63, 3.8) is 0 Å². The first-order chi connectivity index (χ1) is 9.76. The van der Waals surface area contributed by atoms with Crippen LogP contribution in [0.4, 0.5) is 0 Å². The van der Waals surface area contributed by atoms with Gasteiger partial charge in [0.1, 0.15) is 12.4 Å². The second kappa shape index (κ2) is 7.29. The molecule has 108 valence electrons. The molecule has 0 fully saturated rings. The first kappa shape index (κ1) is 14.9. The molecule has 0 N–H and O–H groups in total. The number of alkyl halides is 1. The standard InChI is InChI=1S/C15H20ClN3O/c1-3-14(4-2)19-8-7-13(18-19)11-20-15-6-5-12(9-16)17-10-15/h5-8,10,14H,3-4,9,11H2,1-2H3. The predicted octanol–water partition coefficient (Wildman–Crippen LogP) is 3.96. The topological polar surface area (TPSA) is 39.9 Å². The summed E-state index contributed by atoms with van der Waals surface area (Å²) < 4.78 is 7.69. The average Bonchev–Trinajstić information content (AvgIpc) is 2.96. The second-order valence-corrected chi connectivity index (χ2v) is 4.93. The van der Waals surface area contributed by atoms with Crippen molar-refractivity contribution in [1.29, 1.82) is 0 Å². The molecule has 0 bridgehead atoms. The van der Waals surface area contributed by atoms with Gasteiger partial charge < -0.3 is 4.74 Å². The van der Waals surface area contributed by atoms with E-state index in [2.05, 4.69) is 23.9 Å². The van der Waals surface area contributed by atoms with Crippen LogP contribution in [0.5, 0.6) is 5.75 Å². The Kier molecular flexibility index (Phi) is 5.41. The van der Waals surface area contributed by atoms with E-state index in [9.17, 15) is 0 Å². The number of pyridine rings is 1. The van der Waals surface area contributed by atoms with E-state index in [0.29, 0.717) is 18.5 Å². The first-order valence-electron chi connectivity index (χ1n) is 6.94. The predicted molar refractivity (Wildman–Crippen MR) is 80.0 cm³/mol. The van der Waals surface area contributed by atoms with Gasteiger partial charge >= 0.3 is 0 Å². The zero-order valence-corrected chi connectivity index (χ0v) is 12.7. The van der Waals surface area contributed by atoms with Crippen LogP contribution >= 0.6 is 11.6 Å². The Labute approximate surface area is 124 Å². The fourth-order valence-corrected chi connectivity index (χ4v) is 2.21. The third kappa shape index (κ3) is 3.73. The molecule has 0 amide bonds. The Morgan fingerprint density at radius 2 is 2.00 bits per heavy atom. The quantitative estimate of drug-likeness (QED) is 0.726. The van der Waals surface area contributed by atoms with Gasteiger partial charge in [-0.2, -0.15) is 5.10 Å².